The highest BCUT2D eigenvalue weighted by Gasteiger charge is 2.46. The van der Waals surface area contributed by atoms with Crippen LogP contribution in [0.15, 0.2) is 24.3 Å². The van der Waals surface area contributed by atoms with Gasteiger partial charge in [-0.2, -0.15) is 8.42 Å². The number of allylic oxidation sites excluding steroid dienone is 4. The lowest BCUT2D eigenvalue weighted by Crippen LogP contribution is -2.60. The van der Waals surface area contributed by atoms with Gasteiger partial charge in [0.2, 0.25) is 0 Å². The zero-order chi connectivity index (χ0) is 46.9. The van der Waals surface area contributed by atoms with Crippen LogP contribution < -0.4 is 0 Å². The highest BCUT2D eigenvalue weighted by molar-refractivity contribution is 7.85. The molecule has 12 nitrogen and oxygen atoms in total. The van der Waals surface area contributed by atoms with Crippen molar-refractivity contribution < 1.29 is 56.8 Å². The standard InChI is InChI=1S/C51H94O12S/c1-3-5-7-9-11-13-15-17-19-20-21-22-23-24-26-28-30-32-34-36-38-40-47(53)62-44(42-61-51-50(56)49(55)48(54)45(63-51)43-64(57,58)59)41-60-46(52)39-37-35-33-31-29-27-25-18-16-14-12-10-8-6-4-2/h17-19,25,44-45,48-51,54-56H,3-16,20-24,26-43H2,1-2H3,(H,57,58,59)/b19-17+,25-18+/t44-,45-,48-,49?,50?,51+/m1/s1. The Kier molecular flexibility index (Phi) is 38.8. The Hall–Kier alpha value is -1.87. The third kappa shape index (κ3) is 35.3. The Balaban J connectivity index is 2.36. The minimum Gasteiger partial charge on any atom is -0.462 e. The smallest absolute Gasteiger partial charge is 0.306 e. The molecule has 0 aliphatic carbocycles. The normalized spacial score (nSPS) is 19.8. The van der Waals surface area contributed by atoms with E-state index in [1.807, 2.05) is 0 Å². The van der Waals surface area contributed by atoms with E-state index in [0.29, 0.717) is 12.8 Å². The molecule has 13 heteroatoms. The average Bonchev–Trinajstić information content (AvgIpc) is 3.26. The Morgan fingerprint density at radius 1 is 0.516 bits per heavy atom. The minimum absolute atomic E-state index is 0.164. The fourth-order valence-electron chi connectivity index (χ4n) is 7.96. The summed E-state index contributed by atoms with van der Waals surface area (Å²) in [5.41, 5.74) is 0. The Bertz CT molecular complexity index is 1270. The van der Waals surface area contributed by atoms with Crippen LogP contribution in [0.1, 0.15) is 232 Å². The molecule has 1 rings (SSSR count). The highest BCUT2D eigenvalue weighted by atomic mass is 32.2. The molecule has 0 saturated carbocycles. The van der Waals surface area contributed by atoms with Crippen molar-refractivity contribution in [2.24, 2.45) is 0 Å². The number of unbranched alkanes of at least 4 members (excludes halogenated alkanes) is 28. The molecule has 0 radical (unpaired) electrons. The summed E-state index contributed by atoms with van der Waals surface area (Å²) in [5.74, 6) is -1.98. The van der Waals surface area contributed by atoms with Crippen molar-refractivity contribution in [3.63, 3.8) is 0 Å². The second-order valence-corrected chi connectivity index (χ2v) is 19.7. The molecule has 0 aromatic rings. The number of ether oxygens (including phenoxy) is 4. The van der Waals surface area contributed by atoms with E-state index < -0.39 is 71.2 Å². The lowest BCUT2D eigenvalue weighted by molar-refractivity contribution is -0.297. The van der Waals surface area contributed by atoms with Crippen LogP contribution in [-0.2, 0) is 38.7 Å². The van der Waals surface area contributed by atoms with Crippen molar-refractivity contribution in [3.8, 4) is 0 Å². The van der Waals surface area contributed by atoms with Crippen LogP contribution in [0.5, 0.6) is 0 Å². The highest BCUT2D eigenvalue weighted by Crippen LogP contribution is 2.24. The number of rotatable bonds is 44. The maximum Gasteiger partial charge on any atom is 0.306 e. The van der Waals surface area contributed by atoms with Crippen molar-refractivity contribution in [1.82, 2.24) is 0 Å². The van der Waals surface area contributed by atoms with Gasteiger partial charge in [0.1, 0.15) is 36.8 Å². The molecule has 0 amide bonds. The molecular weight excluding hydrogens is 837 g/mol. The largest absolute Gasteiger partial charge is 0.462 e. The van der Waals surface area contributed by atoms with Gasteiger partial charge in [-0.05, 0) is 64.2 Å². The molecule has 6 atom stereocenters. The number of aliphatic hydroxyl groups excluding tert-OH is 3. The zero-order valence-electron chi connectivity index (χ0n) is 40.4. The second-order valence-electron chi connectivity index (χ2n) is 18.2. The van der Waals surface area contributed by atoms with E-state index in [1.54, 1.807) is 0 Å². The quantitative estimate of drug-likeness (QED) is 0.0196. The minimum atomic E-state index is -4.60. The monoisotopic (exact) mass is 931 g/mol. The van der Waals surface area contributed by atoms with Gasteiger partial charge >= 0.3 is 11.9 Å². The molecular formula is C51H94O12S. The van der Waals surface area contributed by atoms with E-state index >= 15 is 0 Å². The summed E-state index contributed by atoms with van der Waals surface area (Å²) in [6.07, 6.45) is 37.9. The van der Waals surface area contributed by atoms with Gasteiger partial charge < -0.3 is 34.3 Å². The van der Waals surface area contributed by atoms with E-state index in [-0.39, 0.29) is 19.4 Å². The summed E-state index contributed by atoms with van der Waals surface area (Å²) in [6.45, 7) is 3.77. The first-order chi connectivity index (χ1) is 31.0. The number of carbonyl (C=O) groups excluding carboxylic acids is 2. The zero-order valence-corrected chi connectivity index (χ0v) is 41.2. The van der Waals surface area contributed by atoms with Crippen molar-refractivity contribution in [2.45, 2.75) is 269 Å². The van der Waals surface area contributed by atoms with Crippen molar-refractivity contribution >= 4 is 22.1 Å². The molecule has 1 aliphatic heterocycles. The Morgan fingerprint density at radius 3 is 1.30 bits per heavy atom. The molecule has 1 aliphatic rings. The second kappa shape index (κ2) is 41.3. The third-order valence-corrected chi connectivity index (χ3v) is 12.8. The molecule has 1 saturated heterocycles. The van der Waals surface area contributed by atoms with Gasteiger partial charge in [-0.25, -0.2) is 0 Å². The Labute approximate surface area is 389 Å². The fraction of sp³-hybridized carbons (Fsp3) is 0.882. The van der Waals surface area contributed by atoms with Gasteiger partial charge in [-0.15, -0.1) is 0 Å². The van der Waals surface area contributed by atoms with E-state index in [4.69, 9.17) is 18.9 Å². The van der Waals surface area contributed by atoms with Gasteiger partial charge in [0.15, 0.2) is 12.4 Å². The van der Waals surface area contributed by atoms with Crippen LogP contribution in [-0.4, -0.2) is 96.0 Å². The van der Waals surface area contributed by atoms with Gasteiger partial charge in [-0.3, -0.25) is 14.1 Å². The van der Waals surface area contributed by atoms with E-state index in [1.165, 1.54) is 135 Å². The molecule has 0 spiro atoms. The summed E-state index contributed by atoms with van der Waals surface area (Å²) in [6, 6.07) is 0. The van der Waals surface area contributed by atoms with Crippen LogP contribution in [0.2, 0.25) is 0 Å². The Morgan fingerprint density at radius 2 is 0.891 bits per heavy atom. The number of hydrogen-bond acceptors (Lipinski definition) is 11. The number of aliphatic hydroxyl groups is 3. The summed E-state index contributed by atoms with van der Waals surface area (Å²) in [4.78, 5) is 25.5. The van der Waals surface area contributed by atoms with Crippen molar-refractivity contribution in [3.05, 3.63) is 24.3 Å². The molecule has 0 aromatic heterocycles. The van der Waals surface area contributed by atoms with Crippen molar-refractivity contribution in [1.29, 1.82) is 0 Å². The van der Waals surface area contributed by atoms with Gasteiger partial charge in [0, 0.05) is 12.8 Å². The van der Waals surface area contributed by atoms with Crippen LogP contribution in [0, 0.1) is 0 Å². The predicted molar refractivity (Wildman–Crippen MR) is 256 cm³/mol. The number of hydrogen-bond donors (Lipinski definition) is 4. The molecule has 1 fully saturated rings. The maximum absolute atomic E-state index is 12.9. The molecule has 2 unspecified atom stereocenters. The first-order valence-corrected chi connectivity index (χ1v) is 27.5. The summed E-state index contributed by atoms with van der Waals surface area (Å²) >= 11 is 0. The SMILES string of the molecule is CCCCCCCC/C=C/CCCCCCCCCCCCCC(=O)O[C@H](COC(=O)CCCCCCC/C=C/CCCCCCCC)CO[C@H]1O[C@H](CS(=O)(=O)O)[C@@H](O)C(O)C1O. The maximum atomic E-state index is 12.9. The molecule has 0 bridgehead atoms. The van der Waals surface area contributed by atoms with Gasteiger partial charge in [-0.1, -0.05) is 179 Å². The molecule has 1 heterocycles. The number of esters is 2. The van der Waals surface area contributed by atoms with Gasteiger partial charge in [0.05, 0.1) is 6.61 Å². The summed E-state index contributed by atoms with van der Waals surface area (Å²) in [7, 11) is -4.60. The van der Waals surface area contributed by atoms with Crippen LogP contribution >= 0.6 is 0 Å². The summed E-state index contributed by atoms with van der Waals surface area (Å²) in [5, 5.41) is 31.0. The summed E-state index contributed by atoms with van der Waals surface area (Å²) < 4.78 is 54.2. The molecule has 64 heavy (non-hydrogen) atoms. The number of carbonyl (C=O) groups is 2. The topological polar surface area (TPSA) is 186 Å². The predicted octanol–water partition coefficient (Wildman–Crippen LogP) is 11.6. The third-order valence-electron chi connectivity index (χ3n) is 12.0. The fourth-order valence-corrected chi connectivity index (χ4v) is 8.65. The van der Waals surface area contributed by atoms with Crippen LogP contribution in [0.4, 0.5) is 0 Å². The lowest BCUT2D eigenvalue weighted by atomic mass is 10.00. The van der Waals surface area contributed by atoms with Crippen molar-refractivity contribution in [2.75, 3.05) is 19.0 Å². The molecule has 4 N–H and O–H groups in total. The average molecular weight is 931 g/mol. The van der Waals surface area contributed by atoms with E-state index in [0.717, 1.165) is 57.8 Å². The van der Waals surface area contributed by atoms with E-state index in [2.05, 4.69) is 38.2 Å². The molecule has 0 aromatic carbocycles. The van der Waals surface area contributed by atoms with Crippen LogP contribution in [0.25, 0.3) is 0 Å². The van der Waals surface area contributed by atoms with E-state index in [9.17, 15) is 37.9 Å². The first-order valence-electron chi connectivity index (χ1n) is 25.9. The first kappa shape index (κ1) is 60.1. The molecule has 376 valence electrons. The van der Waals surface area contributed by atoms with Gasteiger partial charge in [0.25, 0.3) is 10.1 Å². The lowest BCUT2D eigenvalue weighted by Gasteiger charge is -2.40. The van der Waals surface area contributed by atoms with Crippen LogP contribution in [0.3, 0.4) is 0 Å².